The van der Waals surface area contributed by atoms with E-state index in [1.54, 1.807) is 36.4 Å². The molecule has 10 nitrogen and oxygen atoms in total. The Morgan fingerprint density at radius 1 is 1.03 bits per heavy atom. The van der Waals surface area contributed by atoms with Crippen LogP contribution in [0.3, 0.4) is 0 Å². The molecular weight excluding hydrogens is 452 g/mol. The van der Waals surface area contributed by atoms with Crippen molar-refractivity contribution in [1.82, 2.24) is 9.80 Å². The van der Waals surface area contributed by atoms with Crippen LogP contribution < -0.4 is 4.74 Å². The third-order valence-electron chi connectivity index (χ3n) is 5.42. The lowest BCUT2D eigenvalue weighted by atomic mass is 10.1. The van der Waals surface area contributed by atoms with Crippen LogP contribution in [0.25, 0.3) is 0 Å². The molecule has 0 aliphatic carbocycles. The Morgan fingerprint density at radius 3 is 2.18 bits per heavy atom. The molecule has 0 spiro atoms. The number of rotatable bonds is 6. The van der Waals surface area contributed by atoms with Crippen molar-refractivity contribution < 1.29 is 36.5 Å². The standard InChI is InChI=1S/C22H22N2O8S/c1-30-15-9-7-14(8-10-15)13-31-22(27)23-12-16(32-33(2,28)29)11-19(23)24-20(25)17-5-3-4-6-18(17)21(24)26/h3-10,16,19H,11-13H2,1-2H3/t16-,19+/m1/s1. The molecule has 2 aliphatic heterocycles. The first kappa shape index (κ1) is 22.7. The number of carbonyl (C=O) groups is 3. The normalized spacial score (nSPS) is 20.2. The number of imide groups is 1. The number of carbonyl (C=O) groups excluding carboxylic acids is 3. The Hall–Kier alpha value is -3.44. The molecule has 0 bridgehead atoms. The summed E-state index contributed by atoms with van der Waals surface area (Å²) in [5, 5.41) is 0. The topological polar surface area (TPSA) is 120 Å². The minimum atomic E-state index is -3.83. The second kappa shape index (κ2) is 8.83. The van der Waals surface area contributed by atoms with Gasteiger partial charge >= 0.3 is 6.09 Å². The predicted molar refractivity (Wildman–Crippen MR) is 115 cm³/mol. The van der Waals surface area contributed by atoms with E-state index in [0.29, 0.717) is 11.3 Å². The van der Waals surface area contributed by atoms with Gasteiger partial charge in [-0.25, -0.2) is 4.79 Å². The van der Waals surface area contributed by atoms with E-state index >= 15 is 0 Å². The van der Waals surface area contributed by atoms with Gasteiger partial charge in [-0.15, -0.1) is 0 Å². The minimum absolute atomic E-state index is 0.0594. The highest BCUT2D eigenvalue weighted by Gasteiger charge is 2.49. The lowest BCUT2D eigenvalue weighted by Gasteiger charge is -2.29. The quantitative estimate of drug-likeness (QED) is 0.461. The van der Waals surface area contributed by atoms with Gasteiger partial charge in [-0.3, -0.25) is 23.6 Å². The maximum atomic E-state index is 12.9. The van der Waals surface area contributed by atoms with E-state index in [1.807, 2.05) is 0 Å². The van der Waals surface area contributed by atoms with Gasteiger partial charge in [0.15, 0.2) is 0 Å². The molecule has 3 amide bonds. The van der Waals surface area contributed by atoms with E-state index in [2.05, 4.69) is 0 Å². The zero-order valence-electron chi connectivity index (χ0n) is 18.0. The fourth-order valence-electron chi connectivity index (χ4n) is 3.96. The van der Waals surface area contributed by atoms with Gasteiger partial charge in [0.05, 0.1) is 37.1 Å². The Balaban J connectivity index is 1.55. The molecule has 0 unspecified atom stereocenters. The number of methoxy groups -OCH3 is 1. The summed E-state index contributed by atoms with van der Waals surface area (Å²) in [6.07, 6.45) is -1.94. The molecule has 11 heteroatoms. The largest absolute Gasteiger partial charge is 0.497 e. The maximum Gasteiger partial charge on any atom is 0.411 e. The lowest BCUT2D eigenvalue weighted by Crippen LogP contribution is -2.49. The van der Waals surface area contributed by atoms with Crippen molar-refractivity contribution in [2.24, 2.45) is 0 Å². The average Bonchev–Trinajstić information content (AvgIpc) is 3.29. The van der Waals surface area contributed by atoms with Crippen LogP contribution in [0.1, 0.15) is 32.7 Å². The van der Waals surface area contributed by atoms with Crippen LogP contribution in [-0.4, -0.2) is 68.3 Å². The molecule has 0 saturated carbocycles. The van der Waals surface area contributed by atoms with E-state index in [1.165, 1.54) is 19.2 Å². The summed E-state index contributed by atoms with van der Waals surface area (Å²) >= 11 is 0. The summed E-state index contributed by atoms with van der Waals surface area (Å²) in [6.45, 7) is -0.224. The SMILES string of the molecule is COc1ccc(COC(=O)N2C[C@H](OS(C)(=O)=O)C[C@@H]2N2C(=O)c3ccccc3C2=O)cc1. The summed E-state index contributed by atoms with van der Waals surface area (Å²) in [4.78, 5) is 40.9. The highest BCUT2D eigenvalue weighted by atomic mass is 32.2. The summed E-state index contributed by atoms with van der Waals surface area (Å²) in [6, 6.07) is 13.2. The van der Waals surface area contributed by atoms with Crippen molar-refractivity contribution >= 4 is 28.0 Å². The molecule has 1 fully saturated rings. The van der Waals surface area contributed by atoms with E-state index in [-0.39, 0.29) is 30.7 Å². The van der Waals surface area contributed by atoms with Crippen LogP contribution in [0.2, 0.25) is 0 Å². The van der Waals surface area contributed by atoms with Gasteiger partial charge in [-0.05, 0) is 29.8 Å². The Morgan fingerprint density at radius 2 is 1.64 bits per heavy atom. The van der Waals surface area contributed by atoms with Crippen LogP contribution in [0, 0.1) is 0 Å². The lowest BCUT2D eigenvalue weighted by molar-refractivity contribution is 0.0347. The number of nitrogens with zero attached hydrogens (tertiary/aromatic N) is 2. The summed E-state index contributed by atoms with van der Waals surface area (Å²) in [5.41, 5.74) is 1.15. The predicted octanol–water partition coefficient (Wildman–Crippen LogP) is 2.00. The van der Waals surface area contributed by atoms with Gasteiger partial charge in [0.2, 0.25) is 0 Å². The molecule has 2 aliphatic rings. The summed E-state index contributed by atoms with van der Waals surface area (Å²) in [5.74, 6) is -0.474. The summed E-state index contributed by atoms with van der Waals surface area (Å²) in [7, 11) is -2.29. The van der Waals surface area contributed by atoms with Gasteiger partial charge in [0.25, 0.3) is 21.9 Å². The van der Waals surface area contributed by atoms with Crippen LogP contribution in [0.4, 0.5) is 4.79 Å². The van der Waals surface area contributed by atoms with Crippen molar-refractivity contribution in [3.05, 3.63) is 65.2 Å². The third-order valence-corrected chi connectivity index (χ3v) is 6.05. The van der Waals surface area contributed by atoms with E-state index in [0.717, 1.165) is 16.1 Å². The zero-order chi connectivity index (χ0) is 23.8. The first-order valence-electron chi connectivity index (χ1n) is 10.1. The molecule has 2 aromatic carbocycles. The van der Waals surface area contributed by atoms with E-state index in [4.69, 9.17) is 13.7 Å². The fourth-order valence-corrected chi connectivity index (χ4v) is 4.60. The first-order valence-corrected chi connectivity index (χ1v) is 11.9. The molecule has 0 radical (unpaired) electrons. The number of benzene rings is 2. The van der Waals surface area contributed by atoms with Gasteiger partial charge in [-0.2, -0.15) is 8.42 Å². The van der Waals surface area contributed by atoms with Crippen molar-refractivity contribution in [2.45, 2.75) is 25.3 Å². The van der Waals surface area contributed by atoms with Crippen molar-refractivity contribution in [1.29, 1.82) is 0 Å². The number of amides is 3. The fraction of sp³-hybridized carbons (Fsp3) is 0.318. The number of ether oxygens (including phenoxy) is 2. The van der Waals surface area contributed by atoms with Gasteiger partial charge in [-0.1, -0.05) is 24.3 Å². The molecular formula is C22H22N2O8S. The van der Waals surface area contributed by atoms with Crippen LogP contribution in [-0.2, 0) is 25.6 Å². The highest BCUT2D eigenvalue weighted by Crippen LogP contribution is 2.32. The molecule has 33 heavy (non-hydrogen) atoms. The third kappa shape index (κ3) is 4.69. The first-order chi connectivity index (χ1) is 15.7. The second-order valence-electron chi connectivity index (χ2n) is 7.72. The summed E-state index contributed by atoms with van der Waals surface area (Å²) < 4.78 is 38.8. The molecule has 2 heterocycles. The van der Waals surface area contributed by atoms with Gasteiger partial charge < -0.3 is 9.47 Å². The van der Waals surface area contributed by atoms with Crippen molar-refractivity contribution in [2.75, 3.05) is 19.9 Å². The highest BCUT2D eigenvalue weighted by molar-refractivity contribution is 7.86. The monoisotopic (exact) mass is 474 g/mol. The Kier molecular flexibility index (Phi) is 6.09. The van der Waals surface area contributed by atoms with Crippen LogP contribution in [0.5, 0.6) is 5.75 Å². The molecule has 1 saturated heterocycles. The number of hydrogen-bond donors (Lipinski definition) is 0. The molecule has 0 N–H and O–H groups in total. The number of likely N-dealkylation sites (tertiary alicyclic amines) is 1. The smallest absolute Gasteiger partial charge is 0.411 e. The van der Waals surface area contributed by atoms with Crippen molar-refractivity contribution in [3.63, 3.8) is 0 Å². The number of fused-ring (bicyclic) bond motifs is 1. The van der Waals surface area contributed by atoms with Crippen molar-refractivity contribution in [3.8, 4) is 5.75 Å². The van der Waals surface area contributed by atoms with Gasteiger partial charge in [0.1, 0.15) is 18.5 Å². The second-order valence-corrected chi connectivity index (χ2v) is 9.32. The number of hydrogen-bond acceptors (Lipinski definition) is 8. The molecule has 4 rings (SSSR count). The van der Waals surface area contributed by atoms with Crippen LogP contribution >= 0.6 is 0 Å². The molecule has 174 valence electrons. The Labute approximate surface area is 190 Å². The zero-order valence-corrected chi connectivity index (χ0v) is 18.8. The van der Waals surface area contributed by atoms with Crippen LogP contribution in [0.15, 0.2) is 48.5 Å². The van der Waals surface area contributed by atoms with E-state index in [9.17, 15) is 22.8 Å². The molecule has 2 aromatic rings. The van der Waals surface area contributed by atoms with E-state index < -0.39 is 40.3 Å². The minimum Gasteiger partial charge on any atom is -0.497 e. The maximum absolute atomic E-state index is 12.9. The van der Waals surface area contributed by atoms with Gasteiger partial charge in [0, 0.05) is 6.42 Å². The molecule has 2 atom stereocenters. The molecule has 0 aromatic heterocycles. The Bertz CT molecular complexity index is 1160. The average molecular weight is 474 g/mol.